The Labute approximate surface area is 117 Å². The Bertz CT molecular complexity index is 592. The second-order valence-electron chi connectivity index (χ2n) is 3.41. The highest BCUT2D eigenvalue weighted by atomic mass is 79.9. The van der Waals surface area contributed by atoms with Crippen molar-refractivity contribution in [2.75, 3.05) is 0 Å². The van der Waals surface area contributed by atoms with Crippen molar-refractivity contribution in [2.24, 2.45) is 0 Å². The molecule has 2 aromatic rings. The Morgan fingerprint density at radius 3 is 2.76 bits per heavy atom. The maximum atomic E-state index is 13.8. The zero-order chi connectivity index (χ0) is 12.6. The van der Waals surface area contributed by atoms with E-state index in [9.17, 15) is 4.39 Å². The van der Waals surface area contributed by atoms with E-state index in [0.717, 1.165) is 5.69 Å². The molecule has 0 aliphatic heterocycles. The van der Waals surface area contributed by atoms with Crippen molar-refractivity contribution in [1.29, 1.82) is 0 Å². The van der Waals surface area contributed by atoms with Crippen molar-refractivity contribution in [3.63, 3.8) is 0 Å². The molecule has 0 atom stereocenters. The molecule has 88 valence electrons. The average molecular weight is 334 g/mol. The Balaban J connectivity index is 2.69. The second-order valence-corrected chi connectivity index (χ2v) is 5.09. The fourth-order valence-electron chi connectivity index (χ4n) is 1.36. The molecular formula is C11H7BrClFN2S. The van der Waals surface area contributed by atoms with E-state index < -0.39 is 5.82 Å². The van der Waals surface area contributed by atoms with Crippen LogP contribution in [0.5, 0.6) is 0 Å². The maximum Gasteiger partial charge on any atom is 0.134 e. The first-order valence-corrected chi connectivity index (χ1v) is 6.28. The van der Waals surface area contributed by atoms with E-state index in [4.69, 9.17) is 11.6 Å². The lowest BCUT2D eigenvalue weighted by Crippen LogP contribution is -1.94. The predicted molar refractivity (Wildman–Crippen MR) is 72.1 cm³/mol. The van der Waals surface area contributed by atoms with Crippen molar-refractivity contribution >= 4 is 40.2 Å². The lowest BCUT2D eigenvalue weighted by atomic mass is 10.1. The number of hydrogen-bond donors (Lipinski definition) is 1. The van der Waals surface area contributed by atoms with E-state index in [0.29, 0.717) is 20.6 Å². The number of hydrogen-bond acceptors (Lipinski definition) is 3. The summed E-state index contributed by atoms with van der Waals surface area (Å²) in [5.74, 6) is -0.438. The van der Waals surface area contributed by atoms with E-state index in [1.54, 1.807) is 6.07 Å². The molecule has 1 heterocycles. The molecule has 0 aliphatic rings. The van der Waals surface area contributed by atoms with Gasteiger partial charge >= 0.3 is 0 Å². The number of aryl methyl sites for hydroxylation is 1. The van der Waals surface area contributed by atoms with E-state index in [2.05, 4.69) is 38.5 Å². The lowest BCUT2D eigenvalue weighted by molar-refractivity contribution is 0.629. The normalized spacial score (nSPS) is 10.6. The van der Waals surface area contributed by atoms with Gasteiger partial charge in [0.25, 0.3) is 0 Å². The number of aromatic nitrogens is 2. The zero-order valence-electron chi connectivity index (χ0n) is 8.71. The monoisotopic (exact) mass is 332 g/mol. The summed E-state index contributed by atoms with van der Waals surface area (Å²) in [7, 11) is 0. The highest BCUT2D eigenvalue weighted by Gasteiger charge is 2.14. The summed E-state index contributed by atoms with van der Waals surface area (Å²) in [5.41, 5.74) is 1.57. The minimum absolute atomic E-state index is 0.275. The first-order valence-electron chi connectivity index (χ1n) is 4.66. The summed E-state index contributed by atoms with van der Waals surface area (Å²) >= 11 is 13.3. The van der Waals surface area contributed by atoms with Crippen molar-refractivity contribution < 1.29 is 4.39 Å². The molecule has 0 N–H and O–H groups in total. The van der Waals surface area contributed by atoms with Gasteiger partial charge in [0.2, 0.25) is 0 Å². The molecule has 1 aromatic carbocycles. The van der Waals surface area contributed by atoms with Crippen molar-refractivity contribution in [3.8, 4) is 11.3 Å². The van der Waals surface area contributed by atoms with Crippen LogP contribution in [0.4, 0.5) is 4.39 Å². The van der Waals surface area contributed by atoms with Crippen LogP contribution in [0, 0.1) is 12.7 Å². The molecule has 2 nitrogen and oxygen atoms in total. The third-order valence-electron chi connectivity index (χ3n) is 2.26. The quantitative estimate of drug-likeness (QED) is 0.788. The topological polar surface area (TPSA) is 25.8 Å². The number of halogens is 3. The van der Waals surface area contributed by atoms with Gasteiger partial charge in [-0.25, -0.2) is 14.4 Å². The first-order chi connectivity index (χ1) is 8.00. The first kappa shape index (κ1) is 12.8. The molecular weight excluding hydrogens is 327 g/mol. The van der Waals surface area contributed by atoms with Crippen LogP contribution in [0.3, 0.4) is 0 Å². The summed E-state index contributed by atoms with van der Waals surface area (Å²) < 4.78 is 14.5. The standard InChI is InChI=1S/C11H7BrClFN2S/c1-5-10(12)11(16-4-15-5)6-2-9(17)7(13)3-8(6)14/h2-4,17H,1H3. The third-order valence-corrected chi connectivity index (χ3v) is 4.02. The molecule has 0 radical (unpaired) electrons. The van der Waals surface area contributed by atoms with Gasteiger partial charge in [-0.3, -0.25) is 0 Å². The third kappa shape index (κ3) is 2.46. The highest BCUT2D eigenvalue weighted by molar-refractivity contribution is 9.10. The van der Waals surface area contributed by atoms with Gasteiger partial charge in [-0.1, -0.05) is 11.6 Å². The Kier molecular flexibility index (Phi) is 3.70. The summed E-state index contributed by atoms with van der Waals surface area (Å²) in [6, 6.07) is 2.77. The van der Waals surface area contributed by atoms with Crippen molar-refractivity contribution in [3.05, 3.63) is 39.5 Å². The minimum atomic E-state index is -0.438. The van der Waals surface area contributed by atoms with Crippen molar-refractivity contribution in [2.45, 2.75) is 11.8 Å². The van der Waals surface area contributed by atoms with Gasteiger partial charge in [0.15, 0.2) is 0 Å². The van der Waals surface area contributed by atoms with Gasteiger partial charge in [-0.2, -0.15) is 0 Å². The molecule has 0 aliphatic carbocycles. The average Bonchev–Trinajstić information content (AvgIpc) is 2.28. The molecule has 0 bridgehead atoms. The molecule has 0 saturated carbocycles. The molecule has 1 aromatic heterocycles. The van der Waals surface area contributed by atoms with Crippen LogP contribution in [0.1, 0.15) is 5.69 Å². The van der Waals surface area contributed by atoms with Crippen LogP contribution >= 0.6 is 40.2 Å². The summed E-state index contributed by atoms with van der Waals surface area (Å²) in [6.45, 7) is 1.81. The molecule has 0 saturated heterocycles. The van der Waals surface area contributed by atoms with E-state index >= 15 is 0 Å². The number of benzene rings is 1. The number of rotatable bonds is 1. The number of thiol groups is 1. The number of nitrogens with zero attached hydrogens (tertiary/aromatic N) is 2. The molecule has 0 amide bonds. The smallest absolute Gasteiger partial charge is 0.134 e. The van der Waals surface area contributed by atoms with Crippen molar-refractivity contribution in [1.82, 2.24) is 9.97 Å². The molecule has 0 spiro atoms. The van der Waals surface area contributed by atoms with Gasteiger partial charge in [0.1, 0.15) is 12.1 Å². The molecule has 2 rings (SSSR count). The molecule has 0 fully saturated rings. The zero-order valence-corrected chi connectivity index (χ0v) is 11.9. The Hall–Kier alpha value is -0.650. The SMILES string of the molecule is Cc1ncnc(-c2cc(S)c(Cl)cc2F)c1Br. The minimum Gasteiger partial charge on any atom is -0.240 e. The lowest BCUT2D eigenvalue weighted by Gasteiger charge is -2.08. The molecule has 0 unspecified atom stereocenters. The van der Waals surface area contributed by atoms with Gasteiger partial charge in [0, 0.05) is 10.5 Å². The molecule has 17 heavy (non-hydrogen) atoms. The van der Waals surface area contributed by atoms with Gasteiger partial charge in [0.05, 0.1) is 20.9 Å². The van der Waals surface area contributed by atoms with Crippen LogP contribution in [0.2, 0.25) is 5.02 Å². The largest absolute Gasteiger partial charge is 0.240 e. The van der Waals surface area contributed by atoms with Crippen LogP contribution in [-0.2, 0) is 0 Å². The van der Waals surface area contributed by atoms with E-state index in [-0.39, 0.29) is 5.02 Å². The fourth-order valence-corrected chi connectivity index (χ4v) is 2.13. The summed E-state index contributed by atoms with van der Waals surface area (Å²) in [5, 5.41) is 0.275. The van der Waals surface area contributed by atoms with E-state index in [1.807, 2.05) is 6.92 Å². The van der Waals surface area contributed by atoms with Crippen LogP contribution in [0.25, 0.3) is 11.3 Å². The summed E-state index contributed by atoms with van der Waals surface area (Å²) in [4.78, 5) is 8.58. The highest BCUT2D eigenvalue weighted by Crippen LogP contribution is 2.33. The van der Waals surface area contributed by atoms with Gasteiger partial charge in [-0.05, 0) is 35.0 Å². The van der Waals surface area contributed by atoms with Crippen LogP contribution < -0.4 is 0 Å². The Morgan fingerprint density at radius 2 is 2.06 bits per heavy atom. The van der Waals surface area contributed by atoms with Gasteiger partial charge < -0.3 is 0 Å². The Morgan fingerprint density at radius 1 is 1.35 bits per heavy atom. The predicted octanol–water partition coefficient (Wildman–Crippen LogP) is 4.30. The summed E-state index contributed by atoms with van der Waals surface area (Å²) in [6.07, 6.45) is 1.39. The fraction of sp³-hybridized carbons (Fsp3) is 0.0909. The second kappa shape index (κ2) is 4.92. The van der Waals surface area contributed by atoms with Crippen LogP contribution in [0.15, 0.2) is 27.8 Å². The van der Waals surface area contributed by atoms with Crippen LogP contribution in [-0.4, -0.2) is 9.97 Å². The maximum absolute atomic E-state index is 13.8. The van der Waals surface area contributed by atoms with Gasteiger partial charge in [-0.15, -0.1) is 12.6 Å². The molecule has 6 heteroatoms. The van der Waals surface area contributed by atoms with E-state index in [1.165, 1.54) is 12.4 Å².